The molecular weight excluding hydrogens is 214 g/mol. The molecule has 2 rings (SSSR count). The molecule has 0 aromatic carbocycles. The molecule has 0 aliphatic carbocycles. The van der Waals surface area contributed by atoms with Gasteiger partial charge >= 0.3 is 0 Å². The standard InChI is InChI=1S/C13H17N3O/c1-9-3-4-11(8-14)13(15-9)16-12-5-6-17-10(2)7-12/h3-4,10,12H,5-7H2,1-2H3,(H,15,16). The number of ether oxygens (including phenoxy) is 1. The quantitative estimate of drug-likeness (QED) is 0.848. The Morgan fingerprint density at radius 3 is 3.06 bits per heavy atom. The summed E-state index contributed by atoms with van der Waals surface area (Å²) in [5, 5.41) is 12.4. The van der Waals surface area contributed by atoms with E-state index in [0.717, 1.165) is 25.1 Å². The van der Waals surface area contributed by atoms with Crippen LogP contribution in [0.2, 0.25) is 0 Å². The largest absolute Gasteiger partial charge is 0.378 e. The van der Waals surface area contributed by atoms with Crippen molar-refractivity contribution >= 4 is 5.82 Å². The van der Waals surface area contributed by atoms with E-state index in [-0.39, 0.29) is 6.10 Å². The molecule has 2 atom stereocenters. The fourth-order valence-electron chi connectivity index (χ4n) is 2.08. The van der Waals surface area contributed by atoms with Crippen LogP contribution in [0.15, 0.2) is 12.1 Å². The molecular formula is C13H17N3O. The van der Waals surface area contributed by atoms with E-state index in [0.29, 0.717) is 17.4 Å². The Balaban J connectivity index is 2.12. The van der Waals surface area contributed by atoms with Gasteiger partial charge in [-0.15, -0.1) is 0 Å². The summed E-state index contributed by atoms with van der Waals surface area (Å²) < 4.78 is 5.50. The molecule has 1 fully saturated rings. The van der Waals surface area contributed by atoms with Gasteiger partial charge in [0.25, 0.3) is 0 Å². The number of rotatable bonds is 2. The van der Waals surface area contributed by atoms with E-state index in [1.807, 2.05) is 19.1 Å². The molecule has 1 aromatic heterocycles. The van der Waals surface area contributed by atoms with Gasteiger partial charge in [-0.05, 0) is 38.8 Å². The van der Waals surface area contributed by atoms with Gasteiger partial charge in [0.05, 0.1) is 11.7 Å². The molecule has 0 bridgehead atoms. The van der Waals surface area contributed by atoms with Crippen LogP contribution in [0.4, 0.5) is 5.82 Å². The maximum atomic E-state index is 9.04. The molecule has 4 nitrogen and oxygen atoms in total. The molecule has 2 unspecified atom stereocenters. The fourth-order valence-corrected chi connectivity index (χ4v) is 2.08. The number of nitrogens with one attached hydrogen (secondary N) is 1. The van der Waals surface area contributed by atoms with Gasteiger partial charge in [-0.2, -0.15) is 5.26 Å². The average molecular weight is 231 g/mol. The van der Waals surface area contributed by atoms with Crippen molar-refractivity contribution in [1.82, 2.24) is 4.98 Å². The van der Waals surface area contributed by atoms with Crippen LogP contribution in [0.3, 0.4) is 0 Å². The van der Waals surface area contributed by atoms with E-state index in [2.05, 4.69) is 23.3 Å². The zero-order valence-electron chi connectivity index (χ0n) is 10.2. The van der Waals surface area contributed by atoms with Gasteiger partial charge < -0.3 is 10.1 Å². The van der Waals surface area contributed by atoms with Gasteiger partial charge in [0.15, 0.2) is 0 Å². The van der Waals surface area contributed by atoms with Gasteiger partial charge in [-0.1, -0.05) is 0 Å². The molecule has 0 spiro atoms. The summed E-state index contributed by atoms with van der Waals surface area (Å²) in [6, 6.07) is 6.19. The van der Waals surface area contributed by atoms with E-state index < -0.39 is 0 Å². The second kappa shape index (κ2) is 5.15. The number of hydrogen-bond donors (Lipinski definition) is 1. The van der Waals surface area contributed by atoms with E-state index in [1.54, 1.807) is 0 Å². The van der Waals surface area contributed by atoms with Crippen molar-refractivity contribution in [1.29, 1.82) is 5.26 Å². The van der Waals surface area contributed by atoms with E-state index in [1.165, 1.54) is 0 Å². The highest BCUT2D eigenvalue weighted by atomic mass is 16.5. The molecule has 1 aliphatic heterocycles. The predicted molar refractivity (Wildman–Crippen MR) is 65.7 cm³/mol. The first-order valence-corrected chi connectivity index (χ1v) is 5.95. The highest BCUT2D eigenvalue weighted by molar-refractivity contribution is 5.52. The summed E-state index contributed by atoms with van der Waals surface area (Å²) in [6.45, 7) is 4.77. The van der Waals surface area contributed by atoms with Gasteiger partial charge in [0.2, 0.25) is 0 Å². The van der Waals surface area contributed by atoms with Crippen molar-refractivity contribution in [2.45, 2.75) is 38.8 Å². The molecule has 1 aliphatic rings. The van der Waals surface area contributed by atoms with Crippen LogP contribution in [0.1, 0.15) is 31.0 Å². The van der Waals surface area contributed by atoms with Crippen molar-refractivity contribution in [3.05, 3.63) is 23.4 Å². The summed E-state index contributed by atoms with van der Waals surface area (Å²) in [7, 11) is 0. The second-order valence-electron chi connectivity index (χ2n) is 4.51. The first kappa shape index (κ1) is 11.9. The molecule has 90 valence electrons. The molecule has 17 heavy (non-hydrogen) atoms. The van der Waals surface area contributed by atoms with E-state index in [9.17, 15) is 0 Å². The van der Waals surface area contributed by atoms with Crippen LogP contribution in [0, 0.1) is 18.3 Å². The molecule has 2 heterocycles. The minimum Gasteiger partial charge on any atom is -0.378 e. The van der Waals surface area contributed by atoms with Crippen LogP contribution in [-0.2, 0) is 4.74 Å². The molecule has 4 heteroatoms. The number of hydrogen-bond acceptors (Lipinski definition) is 4. The summed E-state index contributed by atoms with van der Waals surface area (Å²) in [5.41, 5.74) is 1.53. The topological polar surface area (TPSA) is 57.9 Å². The summed E-state index contributed by atoms with van der Waals surface area (Å²) in [4.78, 5) is 4.39. The smallest absolute Gasteiger partial charge is 0.144 e. The SMILES string of the molecule is Cc1ccc(C#N)c(NC2CCOC(C)C2)n1. The first-order chi connectivity index (χ1) is 8.19. The number of nitrogens with zero attached hydrogens (tertiary/aromatic N) is 2. The Labute approximate surface area is 102 Å². The van der Waals surface area contributed by atoms with Crippen molar-refractivity contribution in [3.8, 4) is 6.07 Å². The van der Waals surface area contributed by atoms with Crippen molar-refractivity contribution in [2.75, 3.05) is 11.9 Å². The van der Waals surface area contributed by atoms with Gasteiger partial charge in [-0.25, -0.2) is 4.98 Å². The minimum atomic E-state index is 0.275. The first-order valence-electron chi connectivity index (χ1n) is 5.95. The van der Waals surface area contributed by atoms with E-state index in [4.69, 9.17) is 10.00 Å². The Kier molecular flexibility index (Phi) is 3.60. The number of aromatic nitrogens is 1. The van der Waals surface area contributed by atoms with Crippen molar-refractivity contribution < 1.29 is 4.74 Å². The monoisotopic (exact) mass is 231 g/mol. The molecule has 1 saturated heterocycles. The van der Waals surface area contributed by atoms with Crippen LogP contribution >= 0.6 is 0 Å². The maximum Gasteiger partial charge on any atom is 0.144 e. The summed E-state index contributed by atoms with van der Waals surface area (Å²) in [5.74, 6) is 0.701. The Bertz CT molecular complexity index is 439. The van der Waals surface area contributed by atoms with Crippen LogP contribution in [-0.4, -0.2) is 23.7 Å². The predicted octanol–water partition coefficient (Wildman–Crippen LogP) is 2.24. The molecule has 1 N–H and O–H groups in total. The maximum absolute atomic E-state index is 9.04. The third kappa shape index (κ3) is 2.95. The Hall–Kier alpha value is -1.60. The third-order valence-electron chi connectivity index (χ3n) is 2.98. The highest BCUT2D eigenvalue weighted by Gasteiger charge is 2.20. The lowest BCUT2D eigenvalue weighted by molar-refractivity contribution is 0.0232. The molecule has 0 saturated carbocycles. The number of anilines is 1. The zero-order valence-corrected chi connectivity index (χ0v) is 10.2. The van der Waals surface area contributed by atoms with Crippen LogP contribution in [0.25, 0.3) is 0 Å². The van der Waals surface area contributed by atoms with Crippen LogP contribution in [0.5, 0.6) is 0 Å². The highest BCUT2D eigenvalue weighted by Crippen LogP contribution is 2.20. The molecule has 1 aromatic rings. The number of pyridine rings is 1. The fraction of sp³-hybridized carbons (Fsp3) is 0.538. The van der Waals surface area contributed by atoms with Gasteiger partial charge in [-0.3, -0.25) is 0 Å². The Morgan fingerprint density at radius 2 is 2.35 bits per heavy atom. The summed E-state index contributed by atoms with van der Waals surface area (Å²) >= 11 is 0. The lowest BCUT2D eigenvalue weighted by Crippen LogP contribution is -2.33. The molecule has 0 amide bonds. The average Bonchev–Trinajstić information content (AvgIpc) is 2.29. The lowest BCUT2D eigenvalue weighted by Gasteiger charge is -2.28. The van der Waals surface area contributed by atoms with Crippen molar-refractivity contribution in [2.24, 2.45) is 0 Å². The zero-order chi connectivity index (χ0) is 12.3. The lowest BCUT2D eigenvalue weighted by atomic mass is 10.0. The Morgan fingerprint density at radius 1 is 1.53 bits per heavy atom. The van der Waals surface area contributed by atoms with Crippen LogP contribution < -0.4 is 5.32 Å². The van der Waals surface area contributed by atoms with Gasteiger partial charge in [0.1, 0.15) is 11.9 Å². The van der Waals surface area contributed by atoms with Crippen molar-refractivity contribution in [3.63, 3.8) is 0 Å². The normalized spacial score (nSPS) is 24.1. The molecule has 0 radical (unpaired) electrons. The second-order valence-corrected chi connectivity index (χ2v) is 4.51. The number of nitriles is 1. The minimum absolute atomic E-state index is 0.275. The third-order valence-corrected chi connectivity index (χ3v) is 2.98. The summed E-state index contributed by atoms with van der Waals surface area (Å²) in [6.07, 6.45) is 2.20. The number of aryl methyl sites for hydroxylation is 1. The van der Waals surface area contributed by atoms with E-state index >= 15 is 0 Å². The van der Waals surface area contributed by atoms with Gasteiger partial charge in [0, 0.05) is 18.3 Å².